The fourth-order valence-electron chi connectivity index (χ4n) is 3.16. The van der Waals surface area contributed by atoms with Crippen LogP contribution >= 0.6 is 0 Å². The minimum atomic E-state index is -0.353. The molecular weight excluding hydrogens is 376 g/mol. The van der Waals surface area contributed by atoms with Crippen molar-refractivity contribution in [2.24, 2.45) is 0 Å². The van der Waals surface area contributed by atoms with Gasteiger partial charge in [-0.3, -0.25) is 9.59 Å². The SMILES string of the molecule is CCCN1C(=O)COc2ccc(NC(=O)c3cc(OC)c(OC)c(OC)c3)cc21. The van der Waals surface area contributed by atoms with Crippen LogP contribution in [0.25, 0.3) is 0 Å². The van der Waals surface area contributed by atoms with Crippen molar-refractivity contribution >= 4 is 23.2 Å². The predicted octanol–water partition coefficient (Wildman–Crippen LogP) is 3.10. The predicted molar refractivity (Wildman–Crippen MR) is 109 cm³/mol. The smallest absolute Gasteiger partial charge is 0.265 e. The maximum atomic E-state index is 12.8. The van der Waals surface area contributed by atoms with Crippen LogP contribution in [0, 0.1) is 0 Å². The fourth-order valence-corrected chi connectivity index (χ4v) is 3.16. The molecule has 1 aliphatic heterocycles. The van der Waals surface area contributed by atoms with E-state index in [-0.39, 0.29) is 18.4 Å². The lowest BCUT2D eigenvalue weighted by atomic mass is 10.1. The van der Waals surface area contributed by atoms with Gasteiger partial charge in [-0.2, -0.15) is 0 Å². The summed E-state index contributed by atoms with van der Waals surface area (Å²) < 4.78 is 21.4. The third kappa shape index (κ3) is 4.06. The number of amides is 2. The lowest BCUT2D eigenvalue weighted by Gasteiger charge is -2.29. The highest BCUT2D eigenvalue weighted by Crippen LogP contribution is 2.39. The van der Waals surface area contributed by atoms with Crippen molar-refractivity contribution in [3.8, 4) is 23.0 Å². The molecule has 0 saturated carbocycles. The Bertz CT molecular complexity index is 902. The van der Waals surface area contributed by atoms with Gasteiger partial charge in [-0.25, -0.2) is 0 Å². The van der Waals surface area contributed by atoms with E-state index in [1.807, 2.05) is 6.92 Å². The van der Waals surface area contributed by atoms with Crippen LogP contribution in [0.2, 0.25) is 0 Å². The number of methoxy groups -OCH3 is 3. The number of nitrogens with one attached hydrogen (secondary N) is 1. The maximum absolute atomic E-state index is 12.8. The van der Waals surface area contributed by atoms with Crippen molar-refractivity contribution in [3.63, 3.8) is 0 Å². The molecule has 0 radical (unpaired) electrons. The number of ether oxygens (including phenoxy) is 4. The molecule has 2 aromatic rings. The number of nitrogens with zero attached hydrogens (tertiary/aromatic N) is 1. The zero-order chi connectivity index (χ0) is 21.0. The number of carbonyl (C=O) groups excluding carboxylic acids is 2. The first-order valence-electron chi connectivity index (χ1n) is 9.21. The van der Waals surface area contributed by atoms with Gasteiger partial charge in [0.05, 0.1) is 27.0 Å². The topological polar surface area (TPSA) is 86.3 Å². The number of carbonyl (C=O) groups is 2. The monoisotopic (exact) mass is 400 g/mol. The molecule has 1 heterocycles. The van der Waals surface area contributed by atoms with Crippen LogP contribution < -0.4 is 29.2 Å². The molecule has 2 aromatic carbocycles. The minimum Gasteiger partial charge on any atom is -0.493 e. The average Bonchev–Trinajstić information content (AvgIpc) is 2.74. The van der Waals surface area contributed by atoms with Gasteiger partial charge in [0.2, 0.25) is 5.75 Å². The van der Waals surface area contributed by atoms with E-state index in [4.69, 9.17) is 18.9 Å². The Morgan fingerprint density at radius 3 is 2.38 bits per heavy atom. The first-order chi connectivity index (χ1) is 14.0. The molecule has 0 atom stereocenters. The second-order valence-electron chi connectivity index (χ2n) is 6.38. The molecule has 0 fully saturated rings. The van der Waals surface area contributed by atoms with E-state index in [9.17, 15) is 9.59 Å². The summed E-state index contributed by atoms with van der Waals surface area (Å²) in [4.78, 5) is 26.7. The van der Waals surface area contributed by atoms with E-state index >= 15 is 0 Å². The molecule has 0 unspecified atom stereocenters. The summed E-state index contributed by atoms with van der Waals surface area (Å²) in [6.07, 6.45) is 0.813. The van der Waals surface area contributed by atoms with Gasteiger partial charge in [0.1, 0.15) is 5.75 Å². The number of anilines is 2. The lowest BCUT2D eigenvalue weighted by molar-refractivity contribution is -0.121. The third-order valence-corrected chi connectivity index (χ3v) is 4.53. The van der Waals surface area contributed by atoms with Crippen molar-refractivity contribution in [2.45, 2.75) is 13.3 Å². The van der Waals surface area contributed by atoms with Crippen LogP contribution in [0.5, 0.6) is 23.0 Å². The van der Waals surface area contributed by atoms with Crippen LogP contribution in [0.3, 0.4) is 0 Å². The van der Waals surface area contributed by atoms with Gasteiger partial charge in [-0.05, 0) is 36.8 Å². The van der Waals surface area contributed by atoms with Crippen LogP contribution in [0.15, 0.2) is 30.3 Å². The van der Waals surface area contributed by atoms with Gasteiger partial charge in [0.15, 0.2) is 18.1 Å². The second-order valence-corrected chi connectivity index (χ2v) is 6.38. The molecule has 8 heteroatoms. The van der Waals surface area contributed by atoms with E-state index in [0.717, 1.165) is 6.42 Å². The molecule has 0 saturated heterocycles. The standard InChI is InChI=1S/C21H24N2O6/c1-5-8-23-15-11-14(6-7-16(15)29-12-19(23)24)22-21(25)13-9-17(26-2)20(28-4)18(10-13)27-3/h6-7,9-11H,5,8,12H2,1-4H3,(H,22,25). The van der Waals surface area contributed by atoms with Crippen LogP contribution in [0.1, 0.15) is 23.7 Å². The molecule has 2 amide bonds. The minimum absolute atomic E-state index is 0.0180. The summed E-state index contributed by atoms with van der Waals surface area (Å²) in [6, 6.07) is 8.36. The lowest BCUT2D eigenvalue weighted by Crippen LogP contribution is -2.39. The molecular formula is C21H24N2O6. The zero-order valence-corrected chi connectivity index (χ0v) is 16.9. The number of fused-ring (bicyclic) bond motifs is 1. The summed E-state index contributed by atoms with van der Waals surface area (Å²) in [6.45, 7) is 2.60. The highest BCUT2D eigenvalue weighted by Gasteiger charge is 2.25. The molecule has 29 heavy (non-hydrogen) atoms. The van der Waals surface area contributed by atoms with Gasteiger partial charge in [0.25, 0.3) is 11.8 Å². The summed E-state index contributed by atoms with van der Waals surface area (Å²) in [7, 11) is 4.47. The van der Waals surface area contributed by atoms with Gasteiger partial charge in [0, 0.05) is 17.8 Å². The second kappa shape index (κ2) is 8.72. The molecule has 154 valence electrons. The Balaban J connectivity index is 1.89. The summed E-state index contributed by atoms with van der Waals surface area (Å²) in [5.74, 6) is 1.34. The van der Waals surface area contributed by atoms with E-state index in [1.165, 1.54) is 21.3 Å². The van der Waals surface area contributed by atoms with Gasteiger partial charge < -0.3 is 29.2 Å². The van der Waals surface area contributed by atoms with E-state index < -0.39 is 0 Å². The van der Waals surface area contributed by atoms with Crippen molar-refractivity contribution < 1.29 is 28.5 Å². The fraction of sp³-hybridized carbons (Fsp3) is 0.333. The molecule has 0 aromatic heterocycles. The Morgan fingerprint density at radius 2 is 1.79 bits per heavy atom. The molecule has 0 aliphatic carbocycles. The van der Waals surface area contributed by atoms with Crippen LogP contribution in [-0.2, 0) is 4.79 Å². The quantitative estimate of drug-likeness (QED) is 0.769. The highest BCUT2D eigenvalue weighted by molar-refractivity contribution is 6.06. The van der Waals surface area contributed by atoms with Crippen molar-refractivity contribution in [1.82, 2.24) is 0 Å². The third-order valence-electron chi connectivity index (χ3n) is 4.53. The van der Waals surface area contributed by atoms with Crippen LogP contribution in [0.4, 0.5) is 11.4 Å². The summed E-state index contributed by atoms with van der Waals surface area (Å²) in [5, 5.41) is 2.84. The van der Waals surface area contributed by atoms with Crippen molar-refractivity contribution in [2.75, 3.05) is 44.7 Å². The Morgan fingerprint density at radius 1 is 1.10 bits per heavy atom. The Hall–Kier alpha value is -3.42. The first-order valence-corrected chi connectivity index (χ1v) is 9.21. The normalized spacial score (nSPS) is 12.7. The molecule has 8 nitrogen and oxygen atoms in total. The molecule has 1 aliphatic rings. The Labute approximate surface area is 169 Å². The highest BCUT2D eigenvalue weighted by atomic mass is 16.5. The molecule has 0 bridgehead atoms. The largest absolute Gasteiger partial charge is 0.493 e. The van der Waals surface area contributed by atoms with E-state index in [1.54, 1.807) is 35.2 Å². The number of hydrogen-bond donors (Lipinski definition) is 1. The van der Waals surface area contributed by atoms with Gasteiger partial charge >= 0.3 is 0 Å². The first kappa shape index (κ1) is 20.3. The van der Waals surface area contributed by atoms with E-state index in [0.29, 0.717) is 46.5 Å². The van der Waals surface area contributed by atoms with E-state index in [2.05, 4.69) is 5.32 Å². The van der Waals surface area contributed by atoms with Gasteiger partial charge in [-0.1, -0.05) is 6.92 Å². The molecule has 3 rings (SSSR count). The number of benzene rings is 2. The summed E-state index contributed by atoms with van der Waals surface area (Å²) >= 11 is 0. The average molecular weight is 400 g/mol. The van der Waals surface area contributed by atoms with Crippen LogP contribution in [-0.4, -0.2) is 46.3 Å². The van der Waals surface area contributed by atoms with Gasteiger partial charge in [-0.15, -0.1) is 0 Å². The van der Waals surface area contributed by atoms with Crippen molar-refractivity contribution in [1.29, 1.82) is 0 Å². The molecule has 1 N–H and O–H groups in total. The zero-order valence-electron chi connectivity index (χ0n) is 16.9. The maximum Gasteiger partial charge on any atom is 0.265 e. The number of hydrogen-bond acceptors (Lipinski definition) is 6. The summed E-state index contributed by atoms with van der Waals surface area (Å²) in [5.41, 5.74) is 1.53. The number of rotatable bonds is 7. The molecule has 0 spiro atoms. The van der Waals surface area contributed by atoms with Crippen molar-refractivity contribution in [3.05, 3.63) is 35.9 Å². The Kier molecular flexibility index (Phi) is 6.11.